The van der Waals surface area contributed by atoms with Gasteiger partial charge in [0.2, 0.25) is 0 Å². The fraction of sp³-hybridized carbons (Fsp3) is 0.0833. The number of aromatic hydroxyl groups is 1. The molecule has 0 aromatic heterocycles. The Labute approximate surface area is 152 Å². The van der Waals surface area contributed by atoms with Crippen LogP contribution in [-0.4, -0.2) is 33.4 Å². The molecule has 1 saturated heterocycles. The van der Waals surface area contributed by atoms with Crippen molar-refractivity contribution in [2.24, 2.45) is 0 Å². The third kappa shape index (κ3) is 4.62. The molecule has 9 heteroatoms. The highest BCUT2D eigenvalue weighted by Crippen LogP contribution is 2.34. The normalized spacial score (nSPS) is 15.8. The number of phenolic OH excluding ortho intramolecular Hbond substituents is 1. The Morgan fingerprint density at radius 3 is 2.48 bits per heavy atom. The monoisotopic (exact) mass is 499 g/mol. The van der Waals surface area contributed by atoms with Gasteiger partial charge in [0.1, 0.15) is 10.1 Å². The van der Waals surface area contributed by atoms with Gasteiger partial charge in [0.25, 0.3) is 5.91 Å². The predicted molar refractivity (Wildman–Crippen MR) is 94.5 cm³/mol. The van der Waals surface area contributed by atoms with Crippen molar-refractivity contribution in [1.82, 2.24) is 4.90 Å². The molecule has 1 aromatic carbocycles. The average molecular weight is 500 g/mol. The molecule has 5 nitrogen and oxygen atoms in total. The highest BCUT2D eigenvalue weighted by atomic mass is 127. The molecule has 0 bridgehead atoms. The molecule has 0 aliphatic carbocycles. The van der Waals surface area contributed by atoms with E-state index in [1.165, 1.54) is 16.7 Å². The SMILES string of the molecule is CN1C(=O)/C(=C/c2cc(Br)c(O)c(I)c2)SC1=S.O=C=O. The number of phenols is 1. The lowest BCUT2D eigenvalue weighted by molar-refractivity contribution is -0.191. The summed E-state index contributed by atoms with van der Waals surface area (Å²) in [6, 6.07) is 3.57. The molecule has 2 rings (SSSR count). The number of carbonyl (C=O) groups is 1. The number of amides is 1. The van der Waals surface area contributed by atoms with E-state index < -0.39 is 0 Å². The number of carbonyl (C=O) groups excluding carboxylic acids is 3. The molecule has 1 amide bonds. The zero-order valence-corrected chi connectivity index (χ0v) is 15.8. The van der Waals surface area contributed by atoms with Gasteiger partial charge in [0.15, 0.2) is 0 Å². The molecule has 1 aliphatic heterocycles. The minimum atomic E-state index is -0.0933. The zero-order valence-electron chi connectivity index (χ0n) is 10.4. The molecule has 0 saturated carbocycles. The van der Waals surface area contributed by atoms with Gasteiger partial charge in [0.05, 0.1) is 12.9 Å². The van der Waals surface area contributed by atoms with Gasteiger partial charge < -0.3 is 5.11 Å². The topological polar surface area (TPSA) is 74.7 Å². The van der Waals surface area contributed by atoms with Crippen LogP contribution in [0, 0.1) is 3.57 Å². The summed E-state index contributed by atoms with van der Waals surface area (Å²) in [5, 5.41) is 9.65. The van der Waals surface area contributed by atoms with Crippen molar-refractivity contribution in [3.8, 4) is 5.75 Å². The second kappa shape index (κ2) is 8.04. The quantitative estimate of drug-likeness (QED) is 0.364. The molecule has 1 aromatic rings. The summed E-state index contributed by atoms with van der Waals surface area (Å²) in [5.41, 5.74) is 0.845. The van der Waals surface area contributed by atoms with Crippen LogP contribution in [0.5, 0.6) is 5.75 Å². The Bertz CT molecular complexity index is 648. The van der Waals surface area contributed by atoms with Crippen LogP contribution in [0.3, 0.4) is 0 Å². The molecule has 1 fully saturated rings. The lowest BCUT2D eigenvalue weighted by Gasteiger charge is -2.04. The molecule has 0 spiro atoms. The second-order valence-corrected chi connectivity index (χ2v) is 7.35. The van der Waals surface area contributed by atoms with Crippen LogP contribution in [0.4, 0.5) is 0 Å². The van der Waals surface area contributed by atoms with Crippen LogP contribution < -0.4 is 0 Å². The van der Waals surface area contributed by atoms with Gasteiger partial charge >= 0.3 is 6.15 Å². The van der Waals surface area contributed by atoms with Gasteiger partial charge in [0, 0.05) is 7.05 Å². The minimum Gasteiger partial charge on any atom is -0.506 e. The van der Waals surface area contributed by atoms with E-state index in [1.54, 1.807) is 19.2 Å². The van der Waals surface area contributed by atoms with Gasteiger partial charge in [-0.3, -0.25) is 9.69 Å². The van der Waals surface area contributed by atoms with E-state index in [0.29, 0.717) is 13.7 Å². The van der Waals surface area contributed by atoms with Crippen molar-refractivity contribution >= 4 is 85.0 Å². The maximum absolute atomic E-state index is 11.8. The third-order valence-corrected chi connectivity index (χ3v) is 5.24. The van der Waals surface area contributed by atoms with Crippen LogP contribution in [0.15, 0.2) is 21.5 Å². The molecule has 0 atom stereocenters. The van der Waals surface area contributed by atoms with Crippen molar-refractivity contribution in [3.05, 3.63) is 30.6 Å². The number of rotatable bonds is 1. The molecule has 0 unspecified atom stereocenters. The van der Waals surface area contributed by atoms with E-state index in [2.05, 4.69) is 15.9 Å². The van der Waals surface area contributed by atoms with Gasteiger partial charge in [-0.05, 0) is 62.3 Å². The van der Waals surface area contributed by atoms with Gasteiger partial charge in [-0.15, -0.1) is 0 Å². The van der Waals surface area contributed by atoms with Crippen molar-refractivity contribution in [2.45, 2.75) is 0 Å². The average Bonchev–Trinajstić information content (AvgIpc) is 2.64. The Morgan fingerprint density at radius 1 is 1.48 bits per heavy atom. The smallest absolute Gasteiger partial charge is 0.373 e. The van der Waals surface area contributed by atoms with E-state index in [0.717, 1.165) is 9.13 Å². The summed E-state index contributed by atoms with van der Waals surface area (Å²) in [6.07, 6.45) is 2.02. The Balaban J connectivity index is 0.000000677. The largest absolute Gasteiger partial charge is 0.506 e. The lowest BCUT2D eigenvalue weighted by atomic mass is 10.2. The number of halogens is 2. The number of hydrogen-bond donors (Lipinski definition) is 1. The summed E-state index contributed by atoms with van der Waals surface area (Å²) in [6.45, 7) is 0. The third-order valence-electron chi connectivity index (χ3n) is 2.32. The molecular formula is C12H7BrINO4S2. The summed E-state index contributed by atoms with van der Waals surface area (Å²) >= 11 is 11.7. The lowest BCUT2D eigenvalue weighted by Crippen LogP contribution is -2.22. The number of hydrogen-bond acceptors (Lipinski definition) is 6. The number of likely N-dealkylation sites (N-methyl/N-ethyl adjacent to an activating group) is 1. The number of thiocarbonyl (C=S) groups is 1. The standard InChI is InChI=1S/C11H7BrINO2S2.CO2/c1-14-10(16)8(18-11(14)17)4-5-2-6(12)9(15)7(13)3-5;2-1-3/h2-4,15H,1H3;/b8-4-;. The second-order valence-electron chi connectivity index (χ2n) is 3.66. The predicted octanol–water partition coefficient (Wildman–Crippen LogP) is 3.01. The fourth-order valence-electron chi connectivity index (χ4n) is 1.37. The van der Waals surface area contributed by atoms with E-state index in [1.807, 2.05) is 28.7 Å². The van der Waals surface area contributed by atoms with Gasteiger partial charge in [-0.2, -0.15) is 9.59 Å². The first-order valence-electron chi connectivity index (χ1n) is 5.20. The Hall–Kier alpha value is -0.740. The van der Waals surface area contributed by atoms with E-state index in [4.69, 9.17) is 21.8 Å². The zero-order chi connectivity index (χ0) is 16.2. The first-order chi connectivity index (χ1) is 9.81. The maximum atomic E-state index is 11.8. The fourth-order valence-corrected chi connectivity index (χ4v) is 4.04. The number of thioether (sulfide) groups is 1. The molecule has 1 aliphatic rings. The Morgan fingerprint density at radius 2 is 2.05 bits per heavy atom. The summed E-state index contributed by atoms with van der Waals surface area (Å²) in [4.78, 5) is 30.1. The highest BCUT2D eigenvalue weighted by molar-refractivity contribution is 14.1. The minimum absolute atomic E-state index is 0.0933. The van der Waals surface area contributed by atoms with E-state index in [-0.39, 0.29) is 17.8 Å². The van der Waals surface area contributed by atoms with Crippen molar-refractivity contribution in [2.75, 3.05) is 7.05 Å². The molecule has 110 valence electrons. The molecule has 1 heterocycles. The Kier molecular flexibility index (Phi) is 7.01. The number of nitrogens with zero attached hydrogens (tertiary/aromatic N) is 1. The highest BCUT2D eigenvalue weighted by Gasteiger charge is 2.28. The first kappa shape index (κ1) is 18.3. The van der Waals surface area contributed by atoms with Crippen molar-refractivity contribution < 1.29 is 19.5 Å². The molecular weight excluding hydrogens is 493 g/mol. The van der Waals surface area contributed by atoms with Crippen molar-refractivity contribution in [1.29, 1.82) is 0 Å². The van der Waals surface area contributed by atoms with Gasteiger partial charge in [-0.1, -0.05) is 24.0 Å². The summed E-state index contributed by atoms with van der Waals surface area (Å²) in [5.74, 6) is 0.111. The first-order valence-corrected chi connectivity index (χ1v) is 8.30. The maximum Gasteiger partial charge on any atom is 0.373 e. The van der Waals surface area contributed by atoms with Crippen molar-refractivity contribution in [3.63, 3.8) is 0 Å². The van der Waals surface area contributed by atoms with Crippen LogP contribution >= 0.6 is 62.5 Å². The van der Waals surface area contributed by atoms with Gasteiger partial charge in [-0.25, -0.2) is 0 Å². The molecule has 21 heavy (non-hydrogen) atoms. The molecule has 0 radical (unpaired) electrons. The number of benzene rings is 1. The summed E-state index contributed by atoms with van der Waals surface area (Å²) in [7, 11) is 1.66. The summed E-state index contributed by atoms with van der Waals surface area (Å²) < 4.78 is 1.88. The van der Waals surface area contributed by atoms with Crippen LogP contribution in [-0.2, 0) is 14.4 Å². The molecule has 1 N–H and O–H groups in total. The van der Waals surface area contributed by atoms with Crippen LogP contribution in [0.25, 0.3) is 6.08 Å². The van der Waals surface area contributed by atoms with E-state index >= 15 is 0 Å². The van der Waals surface area contributed by atoms with Crippen LogP contribution in [0.2, 0.25) is 0 Å². The van der Waals surface area contributed by atoms with E-state index in [9.17, 15) is 9.90 Å². The van der Waals surface area contributed by atoms with Crippen LogP contribution in [0.1, 0.15) is 5.56 Å².